The molecule has 1 aromatic rings. The second-order valence-electron chi connectivity index (χ2n) is 5.75. The highest BCUT2D eigenvalue weighted by Gasteiger charge is 2.35. The van der Waals surface area contributed by atoms with Crippen molar-refractivity contribution in [1.29, 1.82) is 0 Å². The quantitative estimate of drug-likeness (QED) is 0.911. The number of benzene rings is 1. The zero-order valence-corrected chi connectivity index (χ0v) is 12.3. The van der Waals surface area contributed by atoms with Crippen LogP contribution in [-0.4, -0.2) is 29.3 Å². The van der Waals surface area contributed by atoms with Gasteiger partial charge in [-0.3, -0.25) is 9.59 Å². The number of nitrogens with one attached hydrogen (secondary N) is 1. The molecule has 1 heterocycles. The summed E-state index contributed by atoms with van der Waals surface area (Å²) >= 11 is 0. The molecule has 2 rings (SSSR count). The largest absolute Gasteiger partial charge is 0.352 e. The molecule has 0 saturated carbocycles. The van der Waals surface area contributed by atoms with Crippen LogP contribution in [0.1, 0.15) is 31.4 Å². The number of likely N-dealkylation sites (tertiary alicyclic amines) is 1. The van der Waals surface area contributed by atoms with Crippen LogP contribution in [0.25, 0.3) is 0 Å². The van der Waals surface area contributed by atoms with Gasteiger partial charge in [-0.15, -0.1) is 0 Å². The summed E-state index contributed by atoms with van der Waals surface area (Å²) in [6.07, 6.45) is 0.331. The minimum absolute atomic E-state index is 0.0250. The van der Waals surface area contributed by atoms with E-state index < -0.39 is 0 Å². The van der Waals surface area contributed by atoms with E-state index in [9.17, 15) is 9.59 Å². The number of carbonyl (C=O) groups is 2. The van der Waals surface area contributed by atoms with Crippen LogP contribution in [0.2, 0.25) is 0 Å². The third-order valence-corrected chi connectivity index (χ3v) is 3.70. The van der Waals surface area contributed by atoms with Gasteiger partial charge < -0.3 is 10.2 Å². The molecule has 2 amide bonds. The highest BCUT2D eigenvalue weighted by atomic mass is 16.2. The molecule has 0 radical (unpaired) electrons. The Kier molecular flexibility index (Phi) is 4.42. The lowest BCUT2D eigenvalue weighted by molar-refractivity contribution is -0.129. The van der Waals surface area contributed by atoms with E-state index in [0.29, 0.717) is 19.5 Å². The first kappa shape index (κ1) is 14.6. The standard InChI is InChI=1S/C16H22N2O2/c1-11(2)18-10-14(8-15(18)19)16(20)17-9-13-6-4-5-12(3)7-13/h4-7,11,14H,8-10H2,1-3H3,(H,17,20)/t14-/m1/s1. The zero-order valence-electron chi connectivity index (χ0n) is 12.3. The number of carbonyl (C=O) groups excluding carboxylic acids is 2. The van der Waals surface area contributed by atoms with Crippen molar-refractivity contribution in [3.8, 4) is 0 Å². The van der Waals surface area contributed by atoms with Gasteiger partial charge in [0.25, 0.3) is 0 Å². The van der Waals surface area contributed by atoms with Crippen molar-refractivity contribution in [2.75, 3.05) is 6.54 Å². The Bertz CT molecular complexity index is 511. The Balaban J connectivity index is 1.89. The van der Waals surface area contributed by atoms with E-state index in [0.717, 1.165) is 5.56 Å². The van der Waals surface area contributed by atoms with E-state index in [1.54, 1.807) is 4.90 Å². The minimum Gasteiger partial charge on any atom is -0.352 e. The van der Waals surface area contributed by atoms with Crippen LogP contribution in [0.5, 0.6) is 0 Å². The highest BCUT2D eigenvalue weighted by molar-refractivity contribution is 5.89. The highest BCUT2D eigenvalue weighted by Crippen LogP contribution is 2.20. The van der Waals surface area contributed by atoms with Gasteiger partial charge in [-0.2, -0.15) is 0 Å². The minimum atomic E-state index is -0.213. The van der Waals surface area contributed by atoms with Crippen LogP contribution in [-0.2, 0) is 16.1 Å². The van der Waals surface area contributed by atoms with E-state index in [2.05, 4.69) is 11.4 Å². The monoisotopic (exact) mass is 274 g/mol. The van der Waals surface area contributed by atoms with Crippen molar-refractivity contribution < 1.29 is 9.59 Å². The predicted octanol–water partition coefficient (Wildman–Crippen LogP) is 1.87. The summed E-state index contributed by atoms with van der Waals surface area (Å²) < 4.78 is 0. The summed E-state index contributed by atoms with van der Waals surface area (Å²) in [6.45, 7) is 7.04. The first-order valence-corrected chi connectivity index (χ1v) is 7.10. The Hall–Kier alpha value is -1.84. The fraction of sp³-hybridized carbons (Fsp3) is 0.500. The second-order valence-corrected chi connectivity index (χ2v) is 5.75. The zero-order chi connectivity index (χ0) is 14.7. The molecule has 4 nitrogen and oxygen atoms in total. The summed E-state index contributed by atoms with van der Waals surface area (Å²) in [6, 6.07) is 8.23. The van der Waals surface area contributed by atoms with Gasteiger partial charge in [-0.25, -0.2) is 0 Å². The molecular formula is C16H22N2O2. The van der Waals surface area contributed by atoms with Gasteiger partial charge in [-0.1, -0.05) is 29.8 Å². The normalized spacial score (nSPS) is 18.7. The summed E-state index contributed by atoms with van der Waals surface area (Å²) in [4.78, 5) is 25.7. The van der Waals surface area contributed by atoms with Gasteiger partial charge in [0.15, 0.2) is 0 Å². The van der Waals surface area contributed by atoms with Crippen molar-refractivity contribution in [2.45, 2.75) is 39.8 Å². The molecular weight excluding hydrogens is 252 g/mol. The Morgan fingerprint density at radius 2 is 2.20 bits per heavy atom. The van der Waals surface area contributed by atoms with E-state index in [-0.39, 0.29) is 23.8 Å². The molecule has 1 saturated heterocycles. The third-order valence-electron chi connectivity index (χ3n) is 3.70. The maximum atomic E-state index is 12.1. The Labute approximate surface area is 120 Å². The van der Waals surface area contributed by atoms with Gasteiger partial charge in [-0.05, 0) is 26.3 Å². The summed E-state index contributed by atoms with van der Waals surface area (Å²) in [5.41, 5.74) is 2.27. The lowest BCUT2D eigenvalue weighted by atomic mass is 10.1. The fourth-order valence-electron chi connectivity index (χ4n) is 2.56. The van der Waals surface area contributed by atoms with E-state index in [1.165, 1.54) is 5.56 Å². The molecule has 0 aliphatic carbocycles. The van der Waals surface area contributed by atoms with Crippen LogP contribution in [0.3, 0.4) is 0 Å². The molecule has 1 atom stereocenters. The molecule has 1 aliphatic heterocycles. The molecule has 0 unspecified atom stereocenters. The maximum absolute atomic E-state index is 12.1. The lowest BCUT2D eigenvalue weighted by Crippen LogP contribution is -2.35. The van der Waals surface area contributed by atoms with E-state index in [1.807, 2.05) is 39.0 Å². The van der Waals surface area contributed by atoms with Crippen molar-refractivity contribution in [3.63, 3.8) is 0 Å². The van der Waals surface area contributed by atoms with Gasteiger partial charge >= 0.3 is 0 Å². The molecule has 1 fully saturated rings. The number of hydrogen-bond acceptors (Lipinski definition) is 2. The molecule has 20 heavy (non-hydrogen) atoms. The van der Waals surface area contributed by atoms with Gasteiger partial charge in [0, 0.05) is 25.6 Å². The van der Waals surface area contributed by atoms with Crippen LogP contribution in [0, 0.1) is 12.8 Å². The van der Waals surface area contributed by atoms with Crippen LogP contribution < -0.4 is 5.32 Å². The van der Waals surface area contributed by atoms with Crippen molar-refractivity contribution in [1.82, 2.24) is 10.2 Å². The molecule has 108 valence electrons. The van der Waals surface area contributed by atoms with Crippen LogP contribution in [0.15, 0.2) is 24.3 Å². The third kappa shape index (κ3) is 3.38. The first-order chi connectivity index (χ1) is 9.47. The molecule has 0 bridgehead atoms. The maximum Gasteiger partial charge on any atom is 0.225 e. The predicted molar refractivity (Wildman–Crippen MR) is 78.0 cm³/mol. The average Bonchev–Trinajstić information content (AvgIpc) is 2.78. The van der Waals surface area contributed by atoms with Crippen LogP contribution >= 0.6 is 0 Å². The summed E-state index contributed by atoms with van der Waals surface area (Å²) in [5.74, 6) is -0.159. The Morgan fingerprint density at radius 1 is 1.45 bits per heavy atom. The first-order valence-electron chi connectivity index (χ1n) is 7.10. The van der Waals surface area contributed by atoms with Crippen molar-refractivity contribution in [3.05, 3.63) is 35.4 Å². The van der Waals surface area contributed by atoms with Gasteiger partial charge in [0.05, 0.1) is 5.92 Å². The van der Waals surface area contributed by atoms with Crippen molar-refractivity contribution in [2.24, 2.45) is 5.92 Å². The smallest absolute Gasteiger partial charge is 0.225 e. The van der Waals surface area contributed by atoms with Gasteiger partial charge in [0.1, 0.15) is 0 Å². The number of nitrogens with zero attached hydrogens (tertiary/aromatic N) is 1. The molecule has 0 spiro atoms. The van der Waals surface area contributed by atoms with E-state index >= 15 is 0 Å². The molecule has 1 N–H and O–H groups in total. The van der Waals surface area contributed by atoms with Crippen LogP contribution in [0.4, 0.5) is 0 Å². The number of rotatable bonds is 4. The second kappa shape index (κ2) is 6.07. The van der Waals surface area contributed by atoms with Gasteiger partial charge in [0.2, 0.25) is 11.8 Å². The number of amides is 2. The lowest BCUT2D eigenvalue weighted by Gasteiger charge is -2.20. The topological polar surface area (TPSA) is 49.4 Å². The van der Waals surface area contributed by atoms with E-state index in [4.69, 9.17) is 0 Å². The fourth-order valence-corrected chi connectivity index (χ4v) is 2.56. The number of aryl methyl sites for hydroxylation is 1. The van der Waals surface area contributed by atoms with Crippen molar-refractivity contribution >= 4 is 11.8 Å². The number of hydrogen-bond donors (Lipinski definition) is 1. The molecule has 1 aromatic carbocycles. The summed E-state index contributed by atoms with van der Waals surface area (Å²) in [5, 5.41) is 2.93. The SMILES string of the molecule is Cc1cccc(CNC(=O)[C@@H]2CC(=O)N(C(C)C)C2)c1. The summed E-state index contributed by atoms with van der Waals surface area (Å²) in [7, 11) is 0. The molecule has 0 aromatic heterocycles. The molecule has 4 heteroatoms. The molecule has 1 aliphatic rings. The Morgan fingerprint density at radius 3 is 2.80 bits per heavy atom. The average molecular weight is 274 g/mol.